The van der Waals surface area contributed by atoms with Crippen molar-refractivity contribution in [3.05, 3.63) is 58.9 Å². The van der Waals surface area contributed by atoms with Crippen LogP contribution in [0.1, 0.15) is 34.3 Å². The molecule has 1 atom stereocenters. The lowest BCUT2D eigenvalue weighted by Gasteiger charge is -2.30. The largest absolute Gasteiger partial charge is 0.497 e. The number of imide groups is 1. The summed E-state index contributed by atoms with van der Waals surface area (Å²) in [6, 6.07) is 9.03. The van der Waals surface area contributed by atoms with Gasteiger partial charge in [0.1, 0.15) is 23.9 Å². The van der Waals surface area contributed by atoms with Gasteiger partial charge in [0.2, 0.25) is 11.8 Å². The highest BCUT2D eigenvalue weighted by Gasteiger charge is 2.30. The molecule has 0 saturated carbocycles. The standard InChI is InChI=1S/C22H23FN2O5/c1-25(19-8-9-21(27)24-22(19)28)11-17-14(12-26)4-3-5-20(17)30-13-15-6-7-16(29-2)10-18(15)23/h3-7,10,12,19H,8-9,11,13H2,1-2H3,(H,24,27,28). The lowest BCUT2D eigenvalue weighted by Crippen LogP contribution is -2.51. The molecule has 0 radical (unpaired) electrons. The Bertz CT molecular complexity index is 963. The SMILES string of the molecule is COc1ccc(COc2cccc(C=O)c2CN(C)C2CCC(=O)NC2=O)c(F)c1. The summed E-state index contributed by atoms with van der Waals surface area (Å²) in [5.41, 5.74) is 1.35. The average molecular weight is 414 g/mol. The maximum Gasteiger partial charge on any atom is 0.243 e. The first-order valence-electron chi connectivity index (χ1n) is 9.49. The van der Waals surface area contributed by atoms with E-state index in [9.17, 15) is 18.8 Å². The summed E-state index contributed by atoms with van der Waals surface area (Å²) in [5, 5.41) is 2.33. The molecule has 1 N–H and O–H groups in total. The quantitative estimate of drug-likeness (QED) is 0.528. The number of benzene rings is 2. The number of ether oxygens (including phenoxy) is 2. The van der Waals surface area contributed by atoms with Crippen molar-refractivity contribution in [3.8, 4) is 11.5 Å². The van der Waals surface area contributed by atoms with Crippen molar-refractivity contribution >= 4 is 18.1 Å². The second kappa shape index (κ2) is 9.49. The van der Waals surface area contributed by atoms with Gasteiger partial charge < -0.3 is 9.47 Å². The monoisotopic (exact) mass is 414 g/mol. The van der Waals surface area contributed by atoms with Gasteiger partial charge in [-0.1, -0.05) is 12.1 Å². The number of hydrogen-bond acceptors (Lipinski definition) is 6. The molecule has 0 aromatic heterocycles. The van der Waals surface area contributed by atoms with Crippen LogP contribution in [-0.4, -0.2) is 43.2 Å². The van der Waals surface area contributed by atoms with Crippen molar-refractivity contribution in [2.45, 2.75) is 32.0 Å². The van der Waals surface area contributed by atoms with E-state index in [0.29, 0.717) is 40.9 Å². The summed E-state index contributed by atoms with van der Waals surface area (Å²) in [6.45, 7) is 0.217. The Balaban J connectivity index is 1.78. The normalized spacial score (nSPS) is 16.3. The summed E-state index contributed by atoms with van der Waals surface area (Å²) in [5.74, 6) is -0.272. The van der Waals surface area contributed by atoms with Crippen LogP contribution < -0.4 is 14.8 Å². The third-order valence-electron chi connectivity index (χ3n) is 5.09. The van der Waals surface area contributed by atoms with E-state index in [1.165, 1.54) is 13.2 Å². The Morgan fingerprint density at radius 2 is 2.07 bits per heavy atom. The molecule has 1 unspecified atom stereocenters. The minimum absolute atomic E-state index is 0.0345. The summed E-state index contributed by atoms with van der Waals surface area (Å²) < 4.78 is 25.0. The van der Waals surface area contributed by atoms with Crippen LogP contribution in [0.4, 0.5) is 4.39 Å². The highest BCUT2D eigenvalue weighted by molar-refractivity contribution is 6.00. The van der Waals surface area contributed by atoms with Crippen LogP contribution in [0.15, 0.2) is 36.4 Å². The van der Waals surface area contributed by atoms with Crippen molar-refractivity contribution in [1.82, 2.24) is 10.2 Å². The number of nitrogens with one attached hydrogen (secondary N) is 1. The highest BCUT2D eigenvalue weighted by Crippen LogP contribution is 2.26. The van der Waals surface area contributed by atoms with Gasteiger partial charge in [0.15, 0.2) is 6.29 Å². The molecule has 1 aliphatic rings. The second-order valence-corrected chi connectivity index (χ2v) is 7.07. The molecule has 7 nitrogen and oxygen atoms in total. The molecule has 8 heteroatoms. The summed E-state index contributed by atoms with van der Waals surface area (Å²) in [7, 11) is 3.20. The number of halogens is 1. The molecule has 0 spiro atoms. The lowest BCUT2D eigenvalue weighted by atomic mass is 10.0. The maximum absolute atomic E-state index is 14.2. The van der Waals surface area contributed by atoms with E-state index in [1.54, 1.807) is 42.3 Å². The van der Waals surface area contributed by atoms with Crippen LogP contribution in [0.2, 0.25) is 0 Å². The van der Waals surface area contributed by atoms with Crippen LogP contribution in [0.3, 0.4) is 0 Å². The van der Waals surface area contributed by atoms with E-state index < -0.39 is 11.9 Å². The molecule has 158 valence electrons. The number of rotatable bonds is 8. The highest BCUT2D eigenvalue weighted by atomic mass is 19.1. The Morgan fingerprint density at radius 1 is 1.27 bits per heavy atom. The van der Waals surface area contributed by atoms with Crippen LogP contribution in [-0.2, 0) is 22.7 Å². The van der Waals surface area contributed by atoms with Crippen LogP contribution in [0, 0.1) is 5.82 Å². The molecule has 0 bridgehead atoms. The van der Waals surface area contributed by atoms with Crippen molar-refractivity contribution < 1.29 is 28.2 Å². The van der Waals surface area contributed by atoms with Gasteiger partial charge in [-0.25, -0.2) is 4.39 Å². The van der Waals surface area contributed by atoms with Crippen LogP contribution in [0.25, 0.3) is 0 Å². The molecule has 2 aromatic carbocycles. The molecule has 30 heavy (non-hydrogen) atoms. The van der Waals surface area contributed by atoms with Gasteiger partial charge >= 0.3 is 0 Å². The number of aldehydes is 1. The lowest BCUT2D eigenvalue weighted by molar-refractivity contribution is -0.137. The van der Waals surface area contributed by atoms with Gasteiger partial charge in [0, 0.05) is 35.7 Å². The van der Waals surface area contributed by atoms with Gasteiger partial charge in [-0.05, 0) is 31.7 Å². The molecular formula is C22H23FN2O5. The van der Waals surface area contributed by atoms with Gasteiger partial charge in [-0.15, -0.1) is 0 Å². The molecule has 2 aromatic rings. The minimum Gasteiger partial charge on any atom is -0.497 e. The molecule has 1 aliphatic heterocycles. The smallest absolute Gasteiger partial charge is 0.243 e. The predicted molar refractivity (Wildman–Crippen MR) is 107 cm³/mol. The van der Waals surface area contributed by atoms with Gasteiger partial charge in [0.05, 0.1) is 13.2 Å². The third-order valence-corrected chi connectivity index (χ3v) is 5.09. The van der Waals surface area contributed by atoms with Crippen molar-refractivity contribution in [3.63, 3.8) is 0 Å². The van der Waals surface area contributed by atoms with E-state index in [2.05, 4.69) is 5.32 Å². The molecule has 3 rings (SSSR count). The van der Waals surface area contributed by atoms with Crippen molar-refractivity contribution in [2.24, 2.45) is 0 Å². The number of hydrogen-bond donors (Lipinski definition) is 1. The molecular weight excluding hydrogens is 391 g/mol. The fourth-order valence-corrected chi connectivity index (χ4v) is 3.39. The number of nitrogens with zero attached hydrogens (tertiary/aromatic N) is 1. The number of amides is 2. The number of methoxy groups -OCH3 is 1. The first-order valence-corrected chi connectivity index (χ1v) is 9.49. The zero-order chi connectivity index (χ0) is 21.7. The predicted octanol–water partition coefficient (Wildman–Crippen LogP) is 2.46. The zero-order valence-electron chi connectivity index (χ0n) is 16.8. The Morgan fingerprint density at radius 3 is 2.73 bits per heavy atom. The van der Waals surface area contributed by atoms with E-state index >= 15 is 0 Å². The number of likely N-dealkylation sites (N-methyl/N-ethyl adjacent to an activating group) is 1. The molecule has 2 amide bonds. The van der Waals surface area contributed by atoms with Crippen molar-refractivity contribution in [2.75, 3.05) is 14.2 Å². The van der Waals surface area contributed by atoms with Crippen LogP contribution in [0.5, 0.6) is 11.5 Å². The first-order chi connectivity index (χ1) is 14.4. The maximum atomic E-state index is 14.2. The Hall–Kier alpha value is -3.26. The molecule has 0 aliphatic carbocycles. The van der Waals surface area contributed by atoms with E-state index in [0.717, 1.165) is 0 Å². The van der Waals surface area contributed by atoms with E-state index in [4.69, 9.17) is 9.47 Å². The van der Waals surface area contributed by atoms with Gasteiger partial charge in [-0.3, -0.25) is 24.6 Å². The first kappa shape index (κ1) is 21.4. The minimum atomic E-state index is -0.491. The third kappa shape index (κ3) is 4.83. The van der Waals surface area contributed by atoms with Crippen LogP contribution >= 0.6 is 0 Å². The zero-order valence-corrected chi connectivity index (χ0v) is 16.8. The second-order valence-electron chi connectivity index (χ2n) is 7.07. The fraction of sp³-hybridized carbons (Fsp3) is 0.318. The summed E-state index contributed by atoms with van der Waals surface area (Å²) in [4.78, 5) is 36.9. The van der Waals surface area contributed by atoms with Gasteiger partial charge in [-0.2, -0.15) is 0 Å². The summed E-state index contributed by atoms with van der Waals surface area (Å²) >= 11 is 0. The molecule has 1 heterocycles. The molecule has 1 fully saturated rings. The molecule has 1 saturated heterocycles. The topological polar surface area (TPSA) is 84.9 Å². The fourth-order valence-electron chi connectivity index (χ4n) is 3.39. The average Bonchev–Trinajstić information content (AvgIpc) is 2.73. The Labute approximate surface area is 173 Å². The van der Waals surface area contributed by atoms with Gasteiger partial charge in [0.25, 0.3) is 0 Å². The van der Waals surface area contributed by atoms with E-state index in [1.807, 2.05) is 0 Å². The number of carbonyl (C=O) groups is 3. The Kier molecular flexibility index (Phi) is 6.79. The number of carbonyl (C=O) groups excluding carboxylic acids is 3. The van der Waals surface area contributed by atoms with Crippen molar-refractivity contribution in [1.29, 1.82) is 0 Å². The number of piperidine rings is 1. The summed E-state index contributed by atoms with van der Waals surface area (Å²) in [6.07, 6.45) is 1.38. The van der Waals surface area contributed by atoms with E-state index in [-0.39, 0.29) is 31.4 Å².